The predicted molar refractivity (Wildman–Crippen MR) is 58.2 cm³/mol. The van der Waals surface area contributed by atoms with Gasteiger partial charge >= 0.3 is 6.09 Å². The molecule has 2 rings (SSSR count). The second-order valence-electron chi connectivity index (χ2n) is 3.39. The minimum atomic E-state index is -1.33. The number of carboxylic acid groups (broad SMARTS) is 1. The SMILES string of the molecule is O=C(O)NC(=O)Cc1c[nH]c2ccccc12. The van der Waals surface area contributed by atoms with Gasteiger partial charge in [-0.2, -0.15) is 0 Å². The first-order valence-electron chi connectivity index (χ1n) is 4.74. The second kappa shape index (κ2) is 4.06. The zero-order valence-electron chi connectivity index (χ0n) is 8.36. The maximum atomic E-state index is 11.3. The maximum absolute atomic E-state index is 11.3. The number of rotatable bonds is 2. The topological polar surface area (TPSA) is 82.2 Å². The van der Waals surface area contributed by atoms with Crippen LogP contribution in [0.2, 0.25) is 0 Å². The van der Waals surface area contributed by atoms with Crippen LogP contribution in [0.5, 0.6) is 0 Å². The smallest absolute Gasteiger partial charge is 0.411 e. The highest BCUT2D eigenvalue weighted by Gasteiger charge is 2.10. The molecule has 2 aromatic rings. The van der Waals surface area contributed by atoms with E-state index in [-0.39, 0.29) is 6.42 Å². The molecule has 1 heterocycles. The quantitative estimate of drug-likeness (QED) is 0.714. The minimum Gasteiger partial charge on any atom is -0.465 e. The molecule has 0 atom stereocenters. The highest BCUT2D eigenvalue weighted by atomic mass is 16.4. The van der Waals surface area contributed by atoms with Gasteiger partial charge in [0.05, 0.1) is 6.42 Å². The first-order valence-corrected chi connectivity index (χ1v) is 4.74. The lowest BCUT2D eigenvalue weighted by atomic mass is 10.1. The van der Waals surface area contributed by atoms with Gasteiger partial charge in [-0.1, -0.05) is 18.2 Å². The summed E-state index contributed by atoms with van der Waals surface area (Å²) < 4.78 is 0. The Morgan fingerprint density at radius 3 is 2.81 bits per heavy atom. The van der Waals surface area contributed by atoms with Crippen molar-refractivity contribution in [1.82, 2.24) is 10.3 Å². The van der Waals surface area contributed by atoms with Crippen molar-refractivity contribution in [2.24, 2.45) is 0 Å². The van der Waals surface area contributed by atoms with E-state index in [2.05, 4.69) is 4.98 Å². The van der Waals surface area contributed by atoms with Crippen LogP contribution in [0.25, 0.3) is 10.9 Å². The third kappa shape index (κ3) is 2.03. The van der Waals surface area contributed by atoms with E-state index in [4.69, 9.17) is 5.11 Å². The minimum absolute atomic E-state index is 0.0519. The number of imide groups is 1. The van der Waals surface area contributed by atoms with Gasteiger partial charge in [-0.15, -0.1) is 0 Å². The number of para-hydroxylation sites is 1. The fourth-order valence-electron chi connectivity index (χ4n) is 1.61. The molecule has 1 aromatic carbocycles. The van der Waals surface area contributed by atoms with Gasteiger partial charge in [-0.25, -0.2) is 4.79 Å². The molecule has 0 spiro atoms. The molecule has 0 saturated carbocycles. The van der Waals surface area contributed by atoms with Crippen LogP contribution in [-0.2, 0) is 11.2 Å². The van der Waals surface area contributed by atoms with Crippen molar-refractivity contribution in [1.29, 1.82) is 0 Å². The molecular weight excluding hydrogens is 208 g/mol. The standard InChI is InChI=1S/C11H10N2O3/c14-10(13-11(15)16)5-7-6-12-9-4-2-1-3-8(7)9/h1-4,6,12H,5H2,(H,13,14)(H,15,16). The lowest BCUT2D eigenvalue weighted by Gasteiger charge is -1.98. The highest BCUT2D eigenvalue weighted by molar-refractivity contribution is 5.95. The summed E-state index contributed by atoms with van der Waals surface area (Å²) in [6.07, 6.45) is 0.437. The van der Waals surface area contributed by atoms with Gasteiger partial charge < -0.3 is 10.1 Å². The Bertz CT molecular complexity index is 545. The summed E-state index contributed by atoms with van der Waals surface area (Å²) in [5.41, 5.74) is 1.72. The van der Waals surface area contributed by atoms with E-state index in [9.17, 15) is 9.59 Å². The van der Waals surface area contributed by atoms with Crippen LogP contribution in [0, 0.1) is 0 Å². The first-order chi connectivity index (χ1) is 7.66. The highest BCUT2D eigenvalue weighted by Crippen LogP contribution is 2.17. The number of hydrogen-bond acceptors (Lipinski definition) is 2. The molecule has 0 fully saturated rings. The maximum Gasteiger partial charge on any atom is 0.411 e. The van der Waals surface area contributed by atoms with Crippen molar-refractivity contribution < 1.29 is 14.7 Å². The molecule has 0 aliphatic carbocycles. The lowest BCUT2D eigenvalue weighted by molar-refractivity contribution is -0.119. The van der Waals surface area contributed by atoms with Gasteiger partial charge in [0.1, 0.15) is 0 Å². The zero-order chi connectivity index (χ0) is 11.5. The third-order valence-corrected chi connectivity index (χ3v) is 2.27. The van der Waals surface area contributed by atoms with E-state index in [1.165, 1.54) is 0 Å². The lowest BCUT2D eigenvalue weighted by Crippen LogP contribution is -2.29. The number of hydrogen-bond donors (Lipinski definition) is 3. The fourth-order valence-corrected chi connectivity index (χ4v) is 1.61. The molecule has 0 unspecified atom stereocenters. The van der Waals surface area contributed by atoms with Crippen molar-refractivity contribution in [2.45, 2.75) is 6.42 Å². The van der Waals surface area contributed by atoms with Crippen molar-refractivity contribution in [3.8, 4) is 0 Å². The summed E-state index contributed by atoms with van der Waals surface area (Å²) in [6.45, 7) is 0. The van der Waals surface area contributed by atoms with Crippen LogP contribution in [-0.4, -0.2) is 22.1 Å². The summed E-state index contributed by atoms with van der Waals surface area (Å²) in [6, 6.07) is 7.54. The van der Waals surface area contributed by atoms with Crippen LogP contribution < -0.4 is 5.32 Å². The Morgan fingerprint density at radius 1 is 1.31 bits per heavy atom. The number of benzene rings is 1. The molecule has 0 aliphatic heterocycles. The van der Waals surface area contributed by atoms with E-state index < -0.39 is 12.0 Å². The molecule has 5 nitrogen and oxygen atoms in total. The molecule has 2 amide bonds. The van der Waals surface area contributed by atoms with Crippen LogP contribution in [0.3, 0.4) is 0 Å². The van der Waals surface area contributed by atoms with E-state index in [0.29, 0.717) is 0 Å². The molecule has 1 aromatic heterocycles. The van der Waals surface area contributed by atoms with E-state index >= 15 is 0 Å². The third-order valence-electron chi connectivity index (χ3n) is 2.27. The van der Waals surface area contributed by atoms with Crippen LogP contribution >= 0.6 is 0 Å². The van der Waals surface area contributed by atoms with Gasteiger partial charge in [0.15, 0.2) is 0 Å². The zero-order valence-corrected chi connectivity index (χ0v) is 8.36. The van der Waals surface area contributed by atoms with Gasteiger partial charge in [0.25, 0.3) is 0 Å². The average molecular weight is 218 g/mol. The summed E-state index contributed by atoms with van der Waals surface area (Å²) >= 11 is 0. The fraction of sp³-hybridized carbons (Fsp3) is 0.0909. The second-order valence-corrected chi connectivity index (χ2v) is 3.39. The van der Waals surface area contributed by atoms with Crippen molar-refractivity contribution >= 4 is 22.9 Å². The molecular formula is C11H10N2O3. The van der Waals surface area contributed by atoms with Crippen molar-refractivity contribution in [2.75, 3.05) is 0 Å². The molecule has 0 bridgehead atoms. The summed E-state index contributed by atoms with van der Waals surface area (Å²) in [4.78, 5) is 24.5. The first kappa shape index (κ1) is 10.2. The molecule has 0 radical (unpaired) electrons. The number of carbonyl (C=O) groups excluding carboxylic acids is 1. The molecule has 3 N–H and O–H groups in total. The largest absolute Gasteiger partial charge is 0.465 e. The Balaban J connectivity index is 2.21. The number of aromatic amines is 1. The molecule has 5 heteroatoms. The van der Waals surface area contributed by atoms with Crippen LogP contribution in [0.1, 0.15) is 5.56 Å². The van der Waals surface area contributed by atoms with Crippen LogP contribution in [0.15, 0.2) is 30.5 Å². The van der Waals surface area contributed by atoms with E-state index in [0.717, 1.165) is 16.5 Å². The van der Waals surface area contributed by atoms with Gasteiger partial charge in [0.2, 0.25) is 5.91 Å². The molecule has 16 heavy (non-hydrogen) atoms. The number of carbonyl (C=O) groups is 2. The Hall–Kier alpha value is -2.30. The van der Waals surface area contributed by atoms with Crippen LogP contribution in [0.4, 0.5) is 4.79 Å². The molecule has 82 valence electrons. The average Bonchev–Trinajstić information content (AvgIpc) is 2.61. The number of amides is 2. The normalized spacial score (nSPS) is 10.2. The molecule has 0 aliphatic rings. The Labute approximate surface area is 91.1 Å². The van der Waals surface area contributed by atoms with E-state index in [1.54, 1.807) is 6.20 Å². The predicted octanol–water partition coefficient (Wildman–Crippen LogP) is 1.50. The number of aromatic nitrogens is 1. The van der Waals surface area contributed by atoms with Gasteiger partial charge in [0, 0.05) is 17.1 Å². The van der Waals surface area contributed by atoms with Crippen molar-refractivity contribution in [3.63, 3.8) is 0 Å². The van der Waals surface area contributed by atoms with Gasteiger partial charge in [-0.05, 0) is 11.6 Å². The number of nitrogens with one attached hydrogen (secondary N) is 2. The Kier molecular flexibility index (Phi) is 2.59. The number of fused-ring (bicyclic) bond motifs is 1. The monoisotopic (exact) mass is 218 g/mol. The summed E-state index contributed by atoms with van der Waals surface area (Å²) in [7, 11) is 0. The van der Waals surface area contributed by atoms with Gasteiger partial charge in [-0.3, -0.25) is 10.1 Å². The Morgan fingerprint density at radius 2 is 2.06 bits per heavy atom. The summed E-state index contributed by atoms with van der Waals surface area (Å²) in [5.74, 6) is -0.530. The molecule has 0 saturated heterocycles. The van der Waals surface area contributed by atoms with Crippen molar-refractivity contribution in [3.05, 3.63) is 36.0 Å². The van der Waals surface area contributed by atoms with E-state index in [1.807, 2.05) is 29.6 Å². The summed E-state index contributed by atoms with van der Waals surface area (Å²) in [5, 5.41) is 11.1. The number of H-pyrrole nitrogens is 1.